The van der Waals surface area contributed by atoms with Crippen LogP contribution in [0.5, 0.6) is 11.5 Å². The molecule has 2 aromatic rings. The predicted octanol–water partition coefficient (Wildman–Crippen LogP) is 1.82. The fourth-order valence-corrected chi connectivity index (χ4v) is 2.17. The standard InChI is InChI=1S/C13H13N3O4/c1-7(2)12-11(13(17)18)14-15-16(12)8-3-4-9-10(5-8)20-6-19-9/h3-5,7H,6H2,1-2H3,(H,17,18). The van der Waals surface area contributed by atoms with Crippen molar-refractivity contribution >= 4 is 5.97 Å². The van der Waals surface area contributed by atoms with Crippen molar-refractivity contribution in [3.05, 3.63) is 29.6 Å². The molecular weight excluding hydrogens is 262 g/mol. The van der Waals surface area contributed by atoms with Crippen LogP contribution >= 0.6 is 0 Å². The van der Waals surface area contributed by atoms with Crippen molar-refractivity contribution in [2.45, 2.75) is 19.8 Å². The summed E-state index contributed by atoms with van der Waals surface area (Å²) in [5.41, 5.74) is 1.21. The largest absolute Gasteiger partial charge is 0.476 e. The van der Waals surface area contributed by atoms with Crippen molar-refractivity contribution in [1.29, 1.82) is 0 Å². The van der Waals surface area contributed by atoms with Gasteiger partial charge in [-0.3, -0.25) is 0 Å². The number of rotatable bonds is 3. The molecule has 104 valence electrons. The van der Waals surface area contributed by atoms with E-state index in [1.807, 2.05) is 13.8 Å². The van der Waals surface area contributed by atoms with Crippen molar-refractivity contribution < 1.29 is 19.4 Å². The van der Waals surface area contributed by atoms with Crippen LogP contribution in [-0.4, -0.2) is 32.9 Å². The van der Waals surface area contributed by atoms with Gasteiger partial charge in [0.15, 0.2) is 17.2 Å². The minimum absolute atomic E-state index is 0.0264. The van der Waals surface area contributed by atoms with Crippen LogP contribution in [0.2, 0.25) is 0 Å². The van der Waals surface area contributed by atoms with E-state index in [2.05, 4.69) is 10.3 Å². The summed E-state index contributed by atoms with van der Waals surface area (Å²) in [6.45, 7) is 3.98. The maximum absolute atomic E-state index is 11.2. The molecule has 0 unspecified atom stereocenters. The SMILES string of the molecule is CC(C)c1c(C(=O)O)nnn1-c1ccc2c(c1)OCO2. The maximum atomic E-state index is 11.2. The summed E-state index contributed by atoms with van der Waals surface area (Å²) in [5, 5.41) is 16.9. The van der Waals surface area contributed by atoms with Gasteiger partial charge >= 0.3 is 5.97 Å². The lowest BCUT2D eigenvalue weighted by Gasteiger charge is -2.10. The topological polar surface area (TPSA) is 86.5 Å². The van der Waals surface area contributed by atoms with E-state index >= 15 is 0 Å². The minimum atomic E-state index is -1.08. The van der Waals surface area contributed by atoms with Crippen LogP contribution in [-0.2, 0) is 0 Å². The molecule has 7 nitrogen and oxygen atoms in total. The van der Waals surface area contributed by atoms with E-state index in [1.54, 1.807) is 18.2 Å². The molecule has 1 N–H and O–H groups in total. The molecule has 0 saturated heterocycles. The molecule has 1 aromatic carbocycles. The summed E-state index contributed by atoms with van der Waals surface area (Å²) in [5.74, 6) is 0.171. The van der Waals surface area contributed by atoms with E-state index in [1.165, 1.54) is 4.68 Å². The molecule has 0 amide bonds. The zero-order valence-corrected chi connectivity index (χ0v) is 11.0. The third-order valence-electron chi connectivity index (χ3n) is 3.06. The third kappa shape index (κ3) is 1.87. The fourth-order valence-electron chi connectivity index (χ4n) is 2.17. The number of aromatic nitrogens is 3. The molecule has 20 heavy (non-hydrogen) atoms. The molecule has 0 radical (unpaired) electrons. The Labute approximate surface area is 114 Å². The predicted molar refractivity (Wildman–Crippen MR) is 68.5 cm³/mol. The Kier molecular flexibility index (Phi) is 2.81. The molecule has 0 atom stereocenters. The first-order valence-electron chi connectivity index (χ1n) is 6.17. The molecule has 0 fully saturated rings. The van der Waals surface area contributed by atoms with Crippen molar-refractivity contribution in [1.82, 2.24) is 15.0 Å². The highest BCUT2D eigenvalue weighted by Crippen LogP contribution is 2.34. The second kappa shape index (κ2) is 4.52. The Balaban J connectivity index is 2.12. The van der Waals surface area contributed by atoms with Crippen LogP contribution in [0.4, 0.5) is 0 Å². The number of ether oxygens (including phenoxy) is 2. The van der Waals surface area contributed by atoms with Crippen LogP contribution in [0.15, 0.2) is 18.2 Å². The smallest absolute Gasteiger partial charge is 0.358 e. The van der Waals surface area contributed by atoms with E-state index in [-0.39, 0.29) is 18.4 Å². The number of carboxylic acids is 1. The summed E-state index contributed by atoms with van der Waals surface area (Å²) in [6, 6.07) is 5.32. The molecule has 0 spiro atoms. The Hall–Kier alpha value is -2.57. The van der Waals surface area contributed by atoms with Gasteiger partial charge in [0.2, 0.25) is 6.79 Å². The van der Waals surface area contributed by atoms with Crippen molar-refractivity contribution in [3.8, 4) is 17.2 Å². The molecule has 0 aliphatic carbocycles. The van der Waals surface area contributed by atoms with Gasteiger partial charge in [0.05, 0.1) is 11.4 Å². The van der Waals surface area contributed by atoms with Crippen molar-refractivity contribution in [2.24, 2.45) is 0 Å². The first kappa shape index (κ1) is 12.5. The average Bonchev–Trinajstić information content (AvgIpc) is 3.04. The minimum Gasteiger partial charge on any atom is -0.476 e. The fraction of sp³-hybridized carbons (Fsp3) is 0.308. The lowest BCUT2D eigenvalue weighted by Crippen LogP contribution is -2.08. The van der Waals surface area contributed by atoms with Crippen LogP contribution in [0.25, 0.3) is 5.69 Å². The first-order valence-corrected chi connectivity index (χ1v) is 6.17. The van der Waals surface area contributed by atoms with Gasteiger partial charge in [0, 0.05) is 6.07 Å². The Morgan fingerprint density at radius 1 is 1.35 bits per heavy atom. The zero-order valence-electron chi connectivity index (χ0n) is 11.0. The molecule has 2 heterocycles. The van der Waals surface area contributed by atoms with Crippen LogP contribution in [0, 0.1) is 0 Å². The number of hydrogen-bond acceptors (Lipinski definition) is 5. The zero-order chi connectivity index (χ0) is 14.3. The average molecular weight is 275 g/mol. The molecule has 1 aliphatic rings. The summed E-state index contributed by atoms with van der Waals surface area (Å²) in [4.78, 5) is 11.2. The lowest BCUT2D eigenvalue weighted by atomic mass is 10.1. The van der Waals surface area contributed by atoms with Crippen LogP contribution < -0.4 is 9.47 Å². The number of benzene rings is 1. The highest BCUT2D eigenvalue weighted by Gasteiger charge is 2.23. The quantitative estimate of drug-likeness (QED) is 0.919. The van der Waals surface area contributed by atoms with Gasteiger partial charge in [-0.25, -0.2) is 9.48 Å². The Bertz CT molecular complexity index is 678. The molecule has 1 aromatic heterocycles. The van der Waals surface area contributed by atoms with Gasteiger partial charge < -0.3 is 14.6 Å². The molecule has 1 aliphatic heterocycles. The molecule has 3 rings (SSSR count). The van der Waals surface area contributed by atoms with E-state index in [9.17, 15) is 4.79 Å². The summed E-state index contributed by atoms with van der Waals surface area (Å²) < 4.78 is 12.1. The molecule has 0 bridgehead atoms. The van der Waals surface area contributed by atoms with Gasteiger partial charge in [-0.15, -0.1) is 5.10 Å². The second-order valence-electron chi connectivity index (χ2n) is 4.73. The Morgan fingerprint density at radius 3 is 2.80 bits per heavy atom. The van der Waals surface area contributed by atoms with Gasteiger partial charge in [-0.1, -0.05) is 19.1 Å². The summed E-state index contributed by atoms with van der Waals surface area (Å²) in [7, 11) is 0. The van der Waals surface area contributed by atoms with E-state index in [4.69, 9.17) is 14.6 Å². The van der Waals surface area contributed by atoms with E-state index < -0.39 is 5.97 Å². The summed E-state index contributed by atoms with van der Waals surface area (Å²) in [6.07, 6.45) is 0. The van der Waals surface area contributed by atoms with Gasteiger partial charge in [-0.05, 0) is 18.1 Å². The number of nitrogens with zero attached hydrogens (tertiary/aromatic N) is 3. The molecule has 0 saturated carbocycles. The number of carbonyl (C=O) groups is 1. The first-order chi connectivity index (χ1) is 9.58. The Morgan fingerprint density at radius 2 is 2.10 bits per heavy atom. The number of fused-ring (bicyclic) bond motifs is 1. The summed E-state index contributed by atoms with van der Waals surface area (Å²) >= 11 is 0. The van der Waals surface area contributed by atoms with Gasteiger partial charge in [0.25, 0.3) is 0 Å². The van der Waals surface area contributed by atoms with Crippen molar-refractivity contribution in [3.63, 3.8) is 0 Å². The maximum Gasteiger partial charge on any atom is 0.358 e. The van der Waals surface area contributed by atoms with Crippen LogP contribution in [0.1, 0.15) is 35.9 Å². The van der Waals surface area contributed by atoms with Crippen molar-refractivity contribution in [2.75, 3.05) is 6.79 Å². The number of hydrogen-bond donors (Lipinski definition) is 1. The third-order valence-corrected chi connectivity index (χ3v) is 3.06. The van der Waals surface area contributed by atoms with E-state index in [0.29, 0.717) is 22.9 Å². The molecular formula is C13H13N3O4. The van der Waals surface area contributed by atoms with Gasteiger partial charge in [-0.2, -0.15) is 0 Å². The number of aromatic carboxylic acids is 1. The second-order valence-corrected chi connectivity index (χ2v) is 4.73. The lowest BCUT2D eigenvalue weighted by molar-refractivity contribution is 0.0688. The number of carboxylic acid groups (broad SMARTS) is 1. The van der Waals surface area contributed by atoms with Crippen LogP contribution in [0.3, 0.4) is 0 Å². The normalized spacial score (nSPS) is 12.9. The highest BCUT2D eigenvalue weighted by molar-refractivity contribution is 5.86. The molecule has 7 heteroatoms. The highest BCUT2D eigenvalue weighted by atomic mass is 16.7. The monoisotopic (exact) mass is 275 g/mol. The van der Waals surface area contributed by atoms with E-state index in [0.717, 1.165) is 0 Å². The van der Waals surface area contributed by atoms with Gasteiger partial charge in [0.1, 0.15) is 0 Å².